The van der Waals surface area contributed by atoms with Crippen molar-refractivity contribution >= 4 is 17.7 Å². The Morgan fingerprint density at radius 1 is 1.45 bits per heavy atom. The molecule has 2 rings (SSSR count). The van der Waals surface area contributed by atoms with Crippen molar-refractivity contribution < 1.29 is 14.8 Å². The third-order valence-electron chi connectivity index (χ3n) is 4.11. The van der Waals surface area contributed by atoms with E-state index in [2.05, 4.69) is 0 Å². The second-order valence-corrected chi connectivity index (χ2v) is 5.58. The van der Waals surface area contributed by atoms with Gasteiger partial charge in [-0.3, -0.25) is 14.9 Å². The van der Waals surface area contributed by atoms with Crippen LogP contribution in [0.3, 0.4) is 0 Å². The van der Waals surface area contributed by atoms with Crippen LogP contribution in [0, 0.1) is 16.0 Å². The molecule has 1 saturated heterocycles. The van der Waals surface area contributed by atoms with Gasteiger partial charge < -0.3 is 10.0 Å². The molecule has 6 nitrogen and oxygen atoms in total. The Morgan fingerprint density at radius 2 is 2.14 bits per heavy atom. The number of piperidine rings is 1. The summed E-state index contributed by atoms with van der Waals surface area (Å²) in [5, 5.41) is 20.1. The first-order valence-corrected chi connectivity index (χ1v) is 7.37. The van der Waals surface area contributed by atoms with E-state index in [4.69, 9.17) is 0 Å². The van der Waals surface area contributed by atoms with Gasteiger partial charge >= 0.3 is 0 Å². The number of likely N-dealkylation sites (tertiary alicyclic amines) is 1. The Hall–Kier alpha value is -2.21. The van der Waals surface area contributed by atoms with Gasteiger partial charge in [0.15, 0.2) is 0 Å². The molecule has 0 aliphatic carbocycles. The molecule has 1 aromatic carbocycles. The third-order valence-corrected chi connectivity index (χ3v) is 4.11. The number of nitro benzene ring substituents is 1. The third kappa shape index (κ3) is 3.71. The minimum Gasteiger partial charge on any atom is -0.394 e. The summed E-state index contributed by atoms with van der Waals surface area (Å²) in [7, 11) is 0. The summed E-state index contributed by atoms with van der Waals surface area (Å²) in [4.78, 5) is 24.1. The van der Waals surface area contributed by atoms with Gasteiger partial charge in [-0.25, -0.2) is 0 Å². The number of hydrogen-bond acceptors (Lipinski definition) is 4. The smallest absolute Gasteiger partial charge is 0.269 e. The molecule has 0 saturated carbocycles. The zero-order valence-electron chi connectivity index (χ0n) is 12.5. The molecular weight excluding hydrogens is 284 g/mol. The Balaban J connectivity index is 2.05. The molecular formula is C16H20N2O4. The van der Waals surface area contributed by atoms with E-state index in [9.17, 15) is 20.0 Å². The molecule has 1 heterocycles. The summed E-state index contributed by atoms with van der Waals surface area (Å²) in [6.45, 7) is 2.66. The van der Waals surface area contributed by atoms with Crippen LogP contribution >= 0.6 is 0 Å². The first kappa shape index (κ1) is 16.2. The lowest BCUT2D eigenvalue weighted by atomic mass is 9.91. The Kier molecular flexibility index (Phi) is 5.27. The number of amides is 1. The molecule has 1 aliphatic heterocycles. The quantitative estimate of drug-likeness (QED) is 0.525. The van der Waals surface area contributed by atoms with Gasteiger partial charge in [0.1, 0.15) is 0 Å². The van der Waals surface area contributed by atoms with Crippen molar-refractivity contribution in [3.8, 4) is 0 Å². The number of benzene rings is 1. The standard InChI is InChI=1S/C16H20N2O4/c1-12-3-2-10-17(15(12)11-19)16(20)9-6-13-4-7-14(8-5-13)18(21)22/h4-9,12,15,19H,2-3,10-11H2,1H3/b9-6+. The predicted octanol–water partition coefficient (Wildman–Crippen LogP) is 2.23. The normalized spacial score (nSPS) is 22.0. The van der Waals surface area contributed by atoms with Crippen molar-refractivity contribution in [3.63, 3.8) is 0 Å². The summed E-state index contributed by atoms with van der Waals surface area (Å²) >= 11 is 0. The highest BCUT2D eigenvalue weighted by Crippen LogP contribution is 2.23. The van der Waals surface area contributed by atoms with Crippen LogP contribution in [0.4, 0.5) is 5.69 Å². The van der Waals surface area contributed by atoms with E-state index in [0.717, 1.165) is 18.4 Å². The fraction of sp³-hybridized carbons (Fsp3) is 0.438. The van der Waals surface area contributed by atoms with Crippen LogP contribution in [0.5, 0.6) is 0 Å². The van der Waals surface area contributed by atoms with Crippen molar-refractivity contribution in [2.45, 2.75) is 25.8 Å². The summed E-state index contributed by atoms with van der Waals surface area (Å²) in [6.07, 6.45) is 5.05. The molecule has 1 fully saturated rings. The fourth-order valence-electron chi connectivity index (χ4n) is 2.77. The maximum atomic E-state index is 12.3. The number of nitrogens with zero attached hydrogens (tertiary/aromatic N) is 2. The van der Waals surface area contributed by atoms with Gasteiger partial charge in [-0.15, -0.1) is 0 Å². The molecule has 2 atom stereocenters. The zero-order valence-corrected chi connectivity index (χ0v) is 12.5. The lowest BCUT2D eigenvalue weighted by Gasteiger charge is -2.38. The fourth-order valence-corrected chi connectivity index (χ4v) is 2.77. The van der Waals surface area contributed by atoms with E-state index in [1.54, 1.807) is 23.1 Å². The van der Waals surface area contributed by atoms with Crippen molar-refractivity contribution in [1.82, 2.24) is 4.90 Å². The van der Waals surface area contributed by atoms with Crippen molar-refractivity contribution in [2.24, 2.45) is 5.92 Å². The molecule has 0 bridgehead atoms. The summed E-state index contributed by atoms with van der Waals surface area (Å²) in [5.74, 6) is 0.152. The van der Waals surface area contributed by atoms with Crippen LogP contribution in [0.2, 0.25) is 0 Å². The molecule has 6 heteroatoms. The minimum absolute atomic E-state index is 0.0219. The lowest BCUT2D eigenvalue weighted by molar-refractivity contribution is -0.384. The van der Waals surface area contributed by atoms with Crippen molar-refractivity contribution in [2.75, 3.05) is 13.2 Å². The molecule has 1 aromatic rings. The largest absolute Gasteiger partial charge is 0.394 e. The van der Waals surface area contributed by atoms with E-state index in [1.165, 1.54) is 18.2 Å². The number of rotatable bonds is 4. The van der Waals surface area contributed by atoms with Crippen LogP contribution in [0.1, 0.15) is 25.3 Å². The monoisotopic (exact) mass is 304 g/mol. The van der Waals surface area contributed by atoms with E-state index in [0.29, 0.717) is 6.54 Å². The van der Waals surface area contributed by atoms with Crippen molar-refractivity contribution in [3.05, 3.63) is 46.0 Å². The van der Waals surface area contributed by atoms with Gasteiger partial charge in [-0.2, -0.15) is 0 Å². The summed E-state index contributed by atoms with van der Waals surface area (Å²) in [5.41, 5.74) is 0.748. The van der Waals surface area contributed by atoms with E-state index in [-0.39, 0.29) is 30.2 Å². The predicted molar refractivity (Wildman–Crippen MR) is 83.1 cm³/mol. The maximum absolute atomic E-state index is 12.3. The molecule has 1 amide bonds. The van der Waals surface area contributed by atoms with E-state index in [1.807, 2.05) is 6.92 Å². The summed E-state index contributed by atoms with van der Waals surface area (Å²) < 4.78 is 0. The Morgan fingerprint density at radius 3 is 2.73 bits per heavy atom. The molecule has 22 heavy (non-hydrogen) atoms. The highest BCUT2D eigenvalue weighted by Gasteiger charge is 2.30. The first-order chi connectivity index (χ1) is 10.5. The SMILES string of the molecule is CC1CCCN(C(=O)/C=C/c2ccc([N+](=O)[O-])cc2)C1CO. The first-order valence-electron chi connectivity index (χ1n) is 7.37. The molecule has 0 spiro atoms. The Bertz CT molecular complexity index is 568. The average molecular weight is 304 g/mol. The lowest BCUT2D eigenvalue weighted by Crippen LogP contribution is -2.49. The van der Waals surface area contributed by atoms with Gasteiger partial charge in [0.25, 0.3) is 5.69 Å². The summed E-state index contributed by atoms with van der Waals surface area (Å²) in [6, 6.07) is 5.88. The second-order valence-electron chi connectivity index (χ2n) is 5.58. The van der Waals surface area contributed by atoms with Gasteiger partial charge in [0, 0.05) is 24.8 Å². The average Bonchev–Trinajstić information content (AvgIpc) is 2.52. The van der Waals surface area contributed by atoms with Crippen LogP contribution in [0.25, 0.3) is 6.08 Å². The number of non-ortho nitro benzene ring substituents is 1. The molecule has 1 aliphatic rings. The molecule has 118 valence electrons. The minimum atomic E-state index is -0.459. The second kappa shape index (κ2) is 7.17. The number of aliphatic hydroxyl groups is 1. The maximum Gasteiger partial charge on any atom is 0.269 e. The number of carbonyl (C=O) groups excluding carboxylic acids is 1. The Labute approximate surface area is 129 Å². The highest BCUT2D eigenvalue weighted by molar-refractivity contribution is 5.92. The zero-order chi connectivity index (χ0) is 16.1. The van der Waals surface area contributed by atoms with Crippen LogP contribution in [-0.4, -0.2) is 40.0 Å². The van der Waals surface area contributed by atoms with Gasteiger partial charge in [-0.05, 0) is 42.5 Å². The van der Waals surface area contributed by atoms with Crippen LogP contribution in [0.15, 0.2) is 30.3 Å². The van der Waals surface area contributed by atoms with Crippen LogP contribution < -0.4 is 0 Å². The van der Waals surface area contributed by atoms with Gasteiger partial charge in [0.2, 0.25) is 5.91 Å². The molecule has 2 unspecified atom stereocenters. The number of nitro groups is 1. The van der Waals surface area contributed by atoms with Gasteiger partial charge in [0.05, 0.1) is 17.6 Å². The number of carbonyl (C=O) groups is 1. The van der Waals surface area contributed by atoms with E-state index < -0.39 is 4.92 Å². The number of hydrogen-bond donors (Lipinski definition) is 1. The molecule has 0 radical (unpaired) electrons. The topological polar surface area (TPSA) is 83.7 Å². The molecule has 1 N–H and O–H groups in total. The van der Waals surface area contributed by atoms with Gasteiger partial charge in [-0.1, -0.05) is 6.92 Å². The van der Waals surface area contributed by atoms with Crippen molar-refractivity contribution in [1.29, 1.82) is 0 Å². The molecule has 0 aromatic heterocycles. The van der Waals surface area contributed by atoms with Crippen LogP contribution in [-0.2, 0) is 4.79 Å². The highest BCUT2D eigenvalue weighted by atomic mass is 16.6. The van der Waals surface area contributed by atoms with E-state index >= 15 is 0 Å². The number of aliphatic hydroxyl groups excluding tert-OH is 1.